The largest absolute Gasteiger partial charge is 0.507 e. The molecule has 4 N–H and O–H groups in total. The van der Waals surface area contributed by atoms with E-state index < -0.39 is 27.5 Å². The molecule has 0 aliphatic carbocycles. The van der Waals surface area contributed by atoms with Crippen molar-refractivity contribution in [1.29, 1.82) is 0 Å². The van der Waals surface area contributed by atoms with E-state index in [1.807, 2.05) is 0 Å². The summed E-state index contributed by atoms with van der Waals surface area (Å²) >= 11 is 0. The zero-order valence-corrected chi connectivity index (χ0v) is 11.4. The quantitative estimate of drug-likeness (QED) is 0.793. The number of phenols is 1. The van der Waals surface area contributed by atoms with E-state index in [0.717, 1.165) is 30.3 Å². The number of hydrogen-bond acceptors (Lipinski definition) is 4. The van der Waals surface area contributed by atoms with Crippen LogP contribution in [-0.4, -0.2) is 19.4 Å². The molecule has 2 aromatic carbocycles. The first kappa shape index (κ1) is 14.8. The Labute approximate surface area is 120 Å². The summed E-state index contributed by atoms with van der Waals surface area (Å²) in [6, 6.07) is 7.84. The Hall–Kier alpha value is -2.61. The van der Waals surface area contributed by atoms with Gasteiger partial charge in [0.05, 0.1) is 10.5 Å². The van der Waals surface area contributed by atoms with E-state index in [1.165, 1.54) is 12.1 Å². The van der Waals surface area contributed by atoms with Gasteiger partial charge in [-0.15, -0.1) is 0 Å². The van der Waals surface area contributed by atoms with Crippen LogP contribution in [0.1, 0.15) is 10.4 Å². The van der Waals surface area contributed by atoms with Crippen LogP contribution in [-0.2, 0) is 10.0 Å². The molecule has 1 amide bonds. The SMILES string of the molecule is NC(=O)c1cc(S(=O)(=O)Nc2ccc(F)cc2)ccc1O. The first-order chi connectivity index (χ1) is 9.79. The summed E-state index contributed by atoms with van der Waals surface area (Å²) in [7, 11) is -3.99. The molecule has 0 aliphatic rings. The summed E-state index contributed by atoms with van der Waals surface area (Å²) in [5.41, 5.74) is 4.89. The number of sulfonamides is 1. The second kappa shape index (κ2) is 5.41. The van der Waals surface area contributed by atoms with E-state index in [9.17, 15) is 22.7 Å². The smallest absolute Gasteiger partial charge is 0.261 e. The highest BCUT2D eigenvalue weighted by Crippen LogP contribution is 2.22. The van der Waals surface area contributed by atoms with Crippen LogP contribution in [0.25, 0.3) is 0 Å². The van der Waals surface area contributed by atoms with Gasteiger partial charge in [0.25, 0.3) is 15.9 Å². The lowest BCUT2D eigenvalue weighted by atomic mass is 10.2. The number of carbonyl (C=O) groups excluding carboxylic acids is 1. The fourth-order valence-corrected chi connectivity index (χ4v) is 2.70. The topological polar surface area (TPSA) is 109 Å². The molecule has 2 rings (SSSR count). The number of aromatic hydroxyl groups is 1. The van der Waals surface area contributed by atoms with E-state index >= 15 is 0 Å². The molecule has 0 atom stereocenters. The van der Waals surface area contributed by atoms with Crippen LogP contribution in [0.3, 0.4) is 0 Å². The molecule has 6 nitrogen and oxygen atoms in total. The molecule has 0 heterocycles. The standard InChI is InChI=1S/C13H11FN2O4S/c14-8-1-3-9(4-2-8)16-21(19,20)10-5-6-12(17)11(7-10)13(15)18/h1-7,16-17H,(H2,15,18). The summed E-state index contributed by atoms with van der Waals surface area (Å²) < 4.78 is 39.3. The van der Waals surface area contributed by atoms with Crippen molar-refractivity contribution in [2.45, 2.75) is 4.90 Å². The maximum atomic E-state index is 12.8. The molecule has 0 saturated carbocycles. The molecule has 21 heavy (non-hydrogen) atoms. The Bertz CT molecular complexity index is 788. The van der Waals surface area contributed by atoms with Crippen molar-refractivity contribution in [2.24, 2.45) is 5.73 Å². The molecular formula is C13H11FN2O4S. The first-order valence-corrected chi connectivity index (χ1v) is 7.19. The first-order valence-electron chi connectivity index (χ1n) is 5.71. The molecule has 0 saturated heterocycles. The minimum atomic E-state index is -3.99. The number of amides is 1. The van der Waals surface area contributed by atoms with Gasteiger partial charge in [-0.25, -0.2) is 12.8 Å². The summed E-state index contributed by atoms with van der Waals surface area (Å²) in [5.74, 6) is -1.87. The highest BCUT2D eigenvalue weighted by molar-refractivity contribution is 7.92. The van der Waals surface area contributed by atoms with Crippen LogP contribution in [0, 0.1) is 5.82 Å². The van der Waals surface area contributed by atoms with E-state index in [-0.39, 0.29) is 16.1 Å². The van der Waals surface area contributed by atoms with Crippen molar-refractivity contribution in [3.63, 3.8) is 0 Å². The number of anilines is 1. The predicted molar refractivity (Wildman–Crippen MR) is 73.8 cm³/mol. The van der Waals surface area contributed by atoms with E-state index in [1.54, 1.807) is 0 Å². The second-order valence-electron chi connectivity index (χ2n) is 4.16. The minimum Gasteiger partial charge on any atom is -0.507 e. The number of halogens is 1. The molecular weight excluding hydrogens is 299 g/mol. The average Bonchev–Trinajstić information content (AvgIpc) is 2.41. The third-order valence-corrected chi connectivity index (χ3v) is 4.02. The highest BCUT2D eigenvalue weighted by atomic mass is 32.2. The second-order valence-corrected chi connectivity index (χ2v) is 5.84. The number of benzene rings is 2. The molecule has 0 radical (unpaired) electrons. The lowest BCUT2D eigenvalue weighted by molar-refractivity contribution is 0.0997. The Morgan fingerprint density at radius 3 is 2.33 bits per heavy atom. The van der Waals surface area contributed by atoms with Gasteiger partial charge in [-0.1, -0.05) is 0 Å². The maximum absolute atomic E-state index is 12.8. The molecule has 0 unspecified atom stereocenters. The van der Waals surface area contributed by atoms with Crippen LogP contribution in [0.4, 0.5) is 10.1 Å². The number of carbonyl (C=O) groups is 1. The van der Waals surface area contributed by atoms with Crippen LogP contribution < -0.4 is 10.5 Å². The zero-order chi connectivity index (χ0) is 15.6. The van der Waals surface area contributed by atoms with Gasteiger partial charge in [0.1, 0.15) is 11.6 Å². The number of hydrogen-bond donors (Lipinski definition) is 3. The van der Waals surface area contributed by atoms with Crippen molar-refractivity contribution in [3.05, 3.63) is 53.8 Å². The minimum absolute atomic E-state index is 0.158. The number of nitrogens with two attached hydrogens (primary N) is 1. The van der Waals surface area contributed by atoms with Gasteiger partial charge in [-0.3, -0.25) is 9.52 Å². The van der Waals surface area contributed by atoms with Gasteiger partial charge in [0, 0.05) is 5.69 Å². The predicted octanol–water partition coefficient (Wildman–Crippen LogP) is 1.43. The molecule has 8 heteroatoms. The third kappa shape index (κ3) is 3.29. The normalized spacial score (nSPS) is 11.1. The Morgan fingerprint density at radius 1 is 1.14 bits per heavy atom. The Balaban J connectivity index is 2.38. The Morgan fingerprint density at radius 2 is 1.76 bits per heavy atom. The summed E-state index contributed by atoms with van der Waals surface area (Å²) in [5, 5.41) is 9.43. The van der Waals surface area contributed by atoms with Gasteiger partial charge < -0.3 is 10.8 Å². The lowest BCUT2D eigenvalue weighted by Crippen LogP contribution is -2.16. The fourth-order valence-electron chi connectivity index (χ4n) is 1.61. The van der Waals surface area contributed by atoms with Gasteiger partial charge in [0.2, 0.25) is 0 Å². The van der Waals surface area contributed by atoms with Crippen LogP contribution >= 0.6 is 0 Å². The molecule has 2 aromatic rings. The van der Waals surface area contributed by atoms with Gasteiger partial charge in [-0.2, -0.15) is 0 Å². The lowest BCUT2D eigenvalue weighted by Gasteiger charge is -2.09. The monoisotopic (exact) mass is 310 g/mol. The number of rotatable bonds is 4. The highest BCUT2D eigenvalue weighted by Gasteiger charge is 2.18. The van der Waals surface area contributed by atoms with E-state index in [0.29, 0.717) is 0 Å². The van der Waals surface area contributed by atoms with Crippen molar-refractivity contribution in [3.8, 4) is 5.75 Å². The van der Waals surface area contributed by atoms with Gasteiger partial charge in [0.15, 0.2) is 0 Å². The average molecular weight is 310 g/mol. The summed E-state index contributed by atoms with van der Waals surface area (Å²) in [6.07, 6.45) is 0. The molecule has 0 bridgehead atoms. The van der Waals surface area contributed by atoms with Crippen molar-refractivity contribution >= 4 is 21.6 Å². The van der Waals surface area contributed by atoms with Crippen LogP contribution in [0.15, 0.2) is 47.4 Å². The number of primary amides is 1. The van der Waals surface area contributed by atoms with Gasteiger partial charge >= 0.3 is 0 Å². The summed E-state index contributed by atoms with van der Waals surface area (Å²) in [4.78, 5) is 10.9. The molecule has 110 valence electrons. The number of nitrogens with one attached hydrogen (secondary N) is 1. The fraction of sp³-hybridized carbons (Fsp3) is 0. The van der Waals surface area contributed by atoms with E-state index in [4.69, 9.17) is 5.73 Å². The van der Waals surface area contributed by atoms with E-state index in [2.05, 4.69) is 4.72 Å². The third-order valence-electron chi connectivity index (χ3n) is 2.64. The zero-order valence-electron chi connectivity index (χ0n) is 10.6. The molecule has 0 spiro atoms. The van der Waals surface area contributed by atoms with Crippen molar-refractivity contribution in [2.75, 3.05) is 4.72 Å². The van der Waals surface area contributed by atoms with Crippen molar-refractivity contribution < 1.29 is 22.7 Å². The maximum Gasteiger partial charge on any atom is 0.261 e. The molecule has 0 aromatic heterocycles. The molecule has 0 fully saturated rings. The molecule has 0 aliphatic heterocycles. The van der Waals surface area contributed by atoms with Gasteiger partial charge in [-0.05, 0) is 42.5 Å². The Kier molecular flexibility index (Phi) is 3.81. The van der Waals surface area contributed by atoms with Crippen LogP contribution in [0.5, 0.6) is 5.75 Å². The van der Waals surface area contributed by atoms with Crippen molar-refractivity contribution in [1.82, 2.24) is 0 Å². The van der Waals surface area contributed by atoms with Crippen LogP contribution in [0.2, 0.25) is 0 Å². The summed E-state index contributed by atoms with van der Waals surface area (Å²) in [6.45, 7) is 0.